The predicted molar refractivity (Wildman–Crippen MR) is 59.3 cm³/mol. The zero-order valence-corrected chi connectivity index (χ0v) is 9.91. The van der Waals surface area contributed by atoms with Crippen LogP contribution < -0.4 is 5.32 Å². The van der Waals surface area contributed by atoms with E-state index < -0.39 is 0 Å². The summed E-state index contributed by atoms with van der Waals surface area (Å²) in [5.74, 6) is 0.338. The molecule has 1 unspecified atom stereocenters. The number of aromatic nitrogens is 5. The van der Waals surface area contributed by atoms with Crippen LogP contribution in [0.15, 0.2) is 10.6 Å². The molecule has 0 saturated heterocycles. The third-order valence-electron chi connectivity index (χ3n) is 2.03. The lowest BCUT2D eigenvalue weighted by molar-refractivity contribution is 0.189. The molecule has 0 saturated carbocycles. The first-order chi connectivity index (χ1) is 8.19. The van der Waals surface area contributed by atoms with Gasteiger partial charge in [0.2, 0.25) is 0 Å². The molecule has 8 heteroatoms. The average molecular weight is 238 g/mol. The Hall–Kier alpha value is -1.96. The molecule has 92 valence electrons. The molecule has 2 aromatic heterocycles. The van der Waals surface area contributed by atoms with Crippen LogP contribution in [-0.4, -0.2) is 44.9 Å². The Balaban J connectivity index is 2.05. The van der Waals surface area contributed by atoms with Gasteiger partial charge in [0.1, 0.15) is 0 Å². The van der Waals surface area contributed by atoms with E-state index in [4.69, 9.17) is 9.15 Å². The molecular formula is C9H14N6O2. The number of hydrogen-bond acceptors (Lipinski definition) is 7. The second kappa shape index (κ2) is 4.91. The van der Waals surface area contributed by atoms with Crippen molar-refractivity contribution < 1.29 is 9.15 Å². The smallest absolute Gasteiger partial charge is 0.316 e. The molecule has 0 aliphatic carbocycles. The number of aryl methyl sites for hydroxylation is 1. The van der Waals surface area contributed by atoms with Crippen LogP contribution in [0, 0.1) is 0 Å². The van der Waals surface area contributed by atoms with Gasteiger partial charge < -0.3 is 14.5 Å². The van der Waals surface area contributed by atoms with Crippen molar-refractivity contribution in [2.24, 2.45) is 7.05 Å². The number of nitrogens with zero attached hydrogens (tertiary/aromatic N) is 5. The molecule has 2 aromatic rings. The maximum Gasteiger partial charge on any atom is 0.316 e. The molecule has 0 radical (unpaired) electrons. The van der Waals surface area contributed by atoms with E-state index in [1.165, 1.54) is 0 Å². The van der Waals surface area contributed by atoms with E-state index >= 15 is 0 Å². The minimum Gasteiger partial charge on any atom is -0.402 e. The highest BCUT2D eigenvalue weighted by atomic mass is 16.5. The van der Waals surface area contributed by atoms with Crippen LogP contribution in [0.4, 0.5) is 6.01 Å². The van der Waals surface area contributed by atoms with Crippen molar-refractivity contribution in [2.45, 2.75) is 13.0 Å². The van der Waals surface area contributed by atoms with Crippen molar-refractivity contribution >= 4 is 6.01 Å². The van der Waals surface area contributed by atoms with E-state index in [-0.39, 0.29) is 6.04 Å². The first kappa shape index (κ1) is 11.5. The molecule has 2 heterocycles. The zero-order chi connectivity index (χ0) is 12.3. The van der Waals surface area contributed by atoms with E-state index in [0.29, 0.717) is 24.2 Å². The van der Waals surface area contributed by atoms with Crippen LogP contribution in [0.3, 0.4) is 0 Å². The largest absolute Gasteiger partial charge is 0.402 e. The van der Waals surface area contributed by atoms with Crippen molar-refractivity contribution in [3.05, 3.63) is 6.20 Å². The second-order valence-electron chi connectivity index (χ2n) is 3.69. The van der Waals surface area contributed by atoms with Crippen molar-refractivity contribution in [3.8, 4) is 11.6 Å². The van der Waals surface area contributed by atoms with Gasteiger partial charge in [-0.1, -0.05) is 10.3 Å². The highest BCUT2D eigenvalue weighted by molar-refractivity contribution is 5.44. The third-order valence-corrected chi connectivity index (χ3v) is 2.03. The van der Waals surface area contributed by atoms with Crippen LogP contribution >= 0.6 is 0 Å². The fraction of sp³-hybridized carbons (Fsp3) is 0.556. The van der Waals surface area contributed by atoms with Gasteiger partial charge in [-0.25, -0.2) is 0 Å². The summed E-state index contributed by atoms with van der Waals surface area (Å²) >= 11 is 0. The minimum atomic E-state index is 0.0927. The molecule has 17 heavy (non-hydrogen) atoms. The summed E-state index contributed by atoms with van der Waals surface area (Å²) in [6.45, 7) is 2.51. The molecule has 8 nitrogen and oxygen atoms in total. The van der Waals surface area contributed by atoms with Gasteiger partial charge >= 0.3 is 6.01 Å². The molecule has 0 spiro atoms. The third kappa shape index (κ3) is 2.78. The summed E-state index contributed by atoms with van der Waals surface area (Å²) in [6, 6.07) is 0.436. The van der Waals surface area contributed by atoms with Crippen LogP contribution in [-0.2, 0) is 11.8 Å². The van der Waals surface area contributed by atoms with Crippen molar-refractivity contribution in [1.29, 1.82) is 0 Å². The summed E-state index contributed by atoms with van der Waals surface area (Å²) in [6.07, 6.45) is 1.70. The van der Waals surface area contributed by atoms with E-state index in [9.17, 15) is 0 Å². The topological polar surface area (TPSA) is 90.9 Å². The second-order valence-corrected chi connectivity index (χ2v) is 3.69. The van der Waals surface area contributed by atoms with Gasteiger partial charge in [0, 0.05) is 14.2 Å². The number of rotatable bonds is 5. The fourth-order valence-electron chi connectivity index (χ4n) is 1.33. The van der Waals surface area contributed by atoms with E-state index in [2.05, 4.69) is 25.8 Å². The number of methoxy groups -OCH3 is 1. The van der Waals surface area contributed by atoms with Gasteiger partial charge in [-0.3, -0.25) is 4.68 Å². The van der Waals surface area contributed by atoms with Crippen LogP contribution in [0.1, 0.15) is 6.92 Å². The number of ether oxygens (including phenoxy) is 1. The summed E-state index contributed by atoms with van der Waals surface area (Å²) in [7, 11) is 3.41. The van der Waals surface area contributed by atoms with Crippen molar-refractivity contribution in [2.75, 3.05) is 19.0 Å². The summed E-state index contributed by atoms with van der Waals surface area (Å²) in [4.78, 5) is 0. The minimum absolute atomic E-state index is 0.0927. The van der Waals surface area contributed by atoms with Crippen molar-refractivity contribution in [3.63, 3.8) is 0 Å². The predicted octanol–water partition coefficient (Wildman–Crippen LogP) is 0.312. The normalized spacial score (nSPS) is 12.6. The first-order valence-electron chi connectivity index (χ1n) is 5.14. The standard InChI is InChI=1S/C9H14N6O2/c1-6(5-16-3)10-9-13-12-8(17-9)7-4-15(2)14-11-7/h4,6H,5H2,1-3H3,(H,10,13). The van der Waals surface area contributed by atoms with Gasteiger partial charge in [0.25, 0.3) is 5.89 Å². The SMILES string of the molecule is COCC(C)Nc1nnc(-c2cn(C)nn2)o1. The monoisotopic (exact) mass is 238 g/mol. The Labute approximate surface area is 98.0 Å². The number of nitrogens with one attached hydrogen (secondary N) is 1. The van der Waals surface area contributed by atoms with E-state index in [1.54, 1.807) is 25.0 Å². The lowest BCUT2D eigenvalue weighted by Crippen LogP contribution is -2.20. The molecule has 2 rings (SSSR count). The molecule has 0 aromatic carbocycles. The lowest BCUT2D eigenvalue weighted by atomic mass is 10.4. The zero-order valence-electron chi connectivity index (χ0n) is 9.91. The van der Waals surface area contributed by atoms with E-state index in [0.717, 1.165) is 0 Å². The fourth-order valence-corrected chi connectivity index (χ4v) is 1.33. The maximum absolute atomic E-state index is 5.40. The van der Waals surface area contributed by atoms with Crippen LogP contribution in [0.25, 0.3) is 11.6 Å². The van der Waals surface area contributed by atoms with Crippen molar-refractivity contribution in [1.82, 2.24) is 25.2 Å². The summed E-state index contributed by atoms with van der Waals surface area (Å²) < 4.78 is 12.0. The van der Waals surface area contributed by atoms with Gasteiger partial charge in [-0.15, -0.1) is 10.2 Å². The Morgan fingerprint density at radius 1 is 1.47 bits per heavy atom. The number of anilines is 1. The molecule has 0 amide bonds. The maximum atomic E-state index is 5.40. The quantitative estimate of drug-likeness (QED) is 0.801. The molecule has 0 bridgehead atoms. The van der Waals surface area contributed by atoms with Crippen LogP contribution in [0.2, 0.25) is 0 Å². The van der Waals surface area contributed by atoms with Gasteiger partial charge in [0.05, 0.1) is 18.8 Å². The molecule has 0 aliphatic heterocycles. The summed E-state index contributed by atoms with van der Waals surface area (Å²) in [5, 5.41) is 18.4. The average Bonchev–Trinajstić information content (AvgIpc) is 2.87. The first-order valence-corrected chi connectivity index (χ1v) is 5.14. The Kier molecular flexibility index (Phi) is 3.33. The Bertz CT molecular complexity index is 479. The molecule has 1 atom stereocenters. The highest BCUT2D eigenvalue weighted by Gasteiger charge is 2.13. The molecule has 0 fully saturated rings. The molecule has 1 N–H and O–H groups in total. The van der Waals surface area contributed by atoms with Crippen LogP contribution in [0.5, 0.6) is 0 Å². The van der Waals surface area contributed by atoms with Gasteiger partial charge in [-0.2, -0.15) is 0 Å². The molecular weight excluding hydrogens is 224 g/mol. The van der Waals surface area contributed by atoms with Gasteiger partial charge in [-0.05, 0) is 6.92 Å². The Morgan fingerprint density at radius 3 is 2.94 bits per heavy atom. The Morgan fingerprint density at radius 2 is 2.29 bits per heavy atom. The lowest BCUT2D eigenvalue weighted by Gasteiger charge is -2.09. The van der Waals surface area contributed by atoms with Gasteiger partial charge in [0.15, 0.2) is 5.69 Å². The number of hydrogen-bond donors (Lipinski definition) is 1. The summed E-state index contributed by atoms with van der Waals surface area (Å²) in [5.41, 5.74) is 0.549. The van der Waals surface area contributed by atoms with E-state index in [1.807, 2.05) is 6.92 Å². The molecule has 0 aliphatic rings. The highest BCUT2D eigenvalue weighted by Crippen LogP contribution is 2.16.